The number of hydrogen-bond acceptors (Lipinski definition) is 3. The molecule has 0 bridgehead atoms. The predicted octanol–water partition coefficient (Wildman–Crippen LogP) is 2.52. The number of anilines is 1. The molecule has 0 saturated carbocycles. The maximum Gasteiger partial charge on any atom is 0.145 e. The van der Waals surface area contributed by atoms with Crippen molar-refractivity contribution in [1.29, 1.82) is 0 Å². The molecule has 2 aromatic carbocycles. The van der Waals surface area contributed by atoms with Gasteiger partial charge in [0.1, 0.15) is 11.6 Å². The number of nitrogen functional groups attached to an aromatic ring is 1. The van der Waals surface area contributed by atoms with Crippen LogP contribution in [-0.2, 0) is 0 Å². The lowest BCUT2D eigenvalue weighted by atomic mass is 10.0. The minimum Gasteiger partial charge on any atom is -0.507 e. The van der Waals surface area contributed by atoms with Crippen LogP contribution in [0.4, 0.5) is 5.82 Å². The van der Waals surface area contributed by atoms with Crippen LogP contribution >= 0.6 is 0 Å². The first kappa shape index (κ1) is 9.72. The smallest absolute Gasteiger partial charge is 0.145 e. The summed E-state index contributed by atoms with van der Waals surface area (Å²) >= 11 is 0. The van der Waals surface area contributed by atoms with Crippen molar-refractivity contribution in [3.05, 3.63) is 42.5 Å². The number of phenolic OH excluding ortho intramolecular Hbond substituents is 1. The van der Waals surface area contributed by atoms with Gasteiger partial charge in [0, 0.05) is 17.0 Å². The first-order valence-electron chi connectivity index (χ1n) is 5.27. The highest BCUT2D eigenvalue weighted by atomic mass is 16.3. The summed E-state index contributed by atoms with van der Waals surface area (Å²) < 4.78 is 0. The summed E-state index contributed by atoms with van der Waals surface area (Å²) in [6.45, 7) is 0. The molecule has 1 heterocycles. The van der Waals surface area contributed by atoms with Gasteiger partial charge >= 0.3 is 0 Å². The highest BCUT2D eigenvalue weighted by Gasteiger charge is 2.09. The summed E-state index contributed by atoms with van der Waals surface area (Å²) in [4.78, 5) is 0. The Kier molecular flexibility index (Phi) is 2.01. The van der Waals surface area contributed by atoms with Gasteiger partial charge in [-0.1, -0.05) is 30.3 Å². The number of aromatic amines is 1. The third-order valence-electron chi connectivity index (χ3n) is 2.79. The fourth-order valence-electron chi connectivity index (χ4n) is 1.95. The van der Waals surface area contributed by atoms with Crippen molar-refractivity contribution in [3.8, 4) is 17.0 Å². The first-order valence-corrected chi connectivity index (χ1v) is 5.27. The minimum atomic E-state index is 0.242. The van der Waals surface area contributed by atoms with E-state index >= 15 is 0 Å². The lowest BCUT2D eigenvalue weighted by Crippen LogP contribution is -1.81. The van der Waals surface area contributed by atoms with Crippen LogP contribution in [0.15, 0.2) is 42.5 Å². The summed E-state index contributed by atoms with van der Waals surface area (Å²) in [5.74, 6) is 0.652. The Bertz CT molecular complexity index is 688. The summed E-state index contributed by atoms with van der Waals surface area (Å²) in [5.41, 5.74) is 6.97. The second kappa shape index (κ2) is 3.52. The number of hydrogen-bond donors (Lipinski definition) is 3. The molecule has 0 atom stereocenters. The Hall–Kier alpha value is -2.49. The van der Waals surface area contributed by atoms with Gasteiger partial charge in [-0.2, -0.15) is 5.10 Å². The Morgan fingerprint density at radius 2 is 1.94 bits per heavy atom. The van der Waals surface area contributed by atoms with Crippen LogP contribution in [0.1, 0.15) is 0 Å². The third-order valence-corrected chi connectivity index (χ3v) is 2.79. The van der Waals surface area contributed by atoms with Crippen LogP contribution in [0, 0.1) is 0 Å². The Morgan fingerprint density at radius 1 is 1.12 bits per heavy atom. The van der Waals surface area contributed by atoms with E-state index < -0.39 is 0 Å². The van der Waals surface area contributed by atoms with Gasteiger partial charge < -0.3 is 10.8 Å². The molecule has 4 nitrogen and oxygen atoms in total. The van der Waals surface area contributed by atoms with Gasteiger partial charge in [0.25, 0.3) is 0 Å². The molecule has 3 aromatic rings. The number of aromatic hydroxyl groups is 1. The molecule has 0 aliphatic heterocycles. The molecular formula is C13H11N3O. The zero-order chi connectivity index (χ0) is 11.8. The number of aromatic nitrogens is 2. The molecule has 0 fully saturated rings. The second-order valence-corrected chi connectivity index (χ2v) is 3.89. The van der Waals surface area contributed by atoms with Crippen molar-refractivity contribution in [1.82, 2.24) is 10.2 Å². The van der Waals surface area contributed by atoms with E-state index in [1.165, 1.54) is 0 Å². The lowest BCUT2D eigenvalue weighted by molar-refractivity contribution is 0.483. The molecule has 0 aliphatic rings. The van der Waals surface area contributed by atoms with Crippen molar-refractivity contribution in [2.75, 3.05) is 5.73 Å². The number of nitrogens with one attached hydrogen (secondary N) is 1. The van der Waals surface area contributed by atoms with Crippen LogP contribution in [0.5, 0.6) is 5.75 Å². The molecule has 84 valence electrons. The molecule has 0 radical (unpaired) electrons. The standard InChI is InChI=1S/C13H11N3O/c14-12-7-11(15-16-12)10-6-5-8-3-1-2-4-9(8)13(10)17/h1-7,17H,(H3,14,15,16). The maximum atomic E-state index is 10.2. The molecule has 17 heavy (non-hydrogen) atoms. The van der Waals surface area contributed by atoms with Gasteiger partial charge in [0.2, 0.25) is 0 Å². The van der Waals surface area contributed by atoms with Crippen LogP contribution in [-0.4, -0.2) is 15.3 Å². The fourth-order valence-corrected chi connectivity index (χ4v) is 1.95. The number of phenols is 1. The number of nitrogens with two attached hydrogens (primary N) is 1. The van der Waals surface area contributed by atoms with Crippen LogP contribution in [0.3, 0.4) is 0 Å². The van der Waals surface area contributed by atoms with Crippen molar-refractivity contribution >= 4 is 16.6 Å². The molecule has 0 spiro atoms. The molecular weight excluding hydrogens is 214 g/mol. The maximum absolute atomic E-state index is 10.2. The summed E-state index contributed by atoms with van der Waals surface area (Å²) in [6.07, 6.45) is 0. The SMILES string of the molecule is Nc1cc(-c2ccc3ccccc3c2O)[nH]n1. The highest BCUT2D eigenvalue weighted by Crippen LogP contribution is 2.35. The molecule has 0 unspecified atom stereocenters. The van der Waals surface area contributed by atoms with Crippen LogP contribution in [0.25, 0.3) is 22.0 Å². The van der Waals surface area contributed by atoms with Gasteiger partial charge in [-0.3, -0.25) is 5.10 Å². The van der Waals surface area contributed by atoms with E-state index in [2.05, 4.69) is 10.2 Å². The van der Waals surface area contributed by atoms with Crippen molar-refractivity contribution in [2.45, 2.75) is 0 Å². The number of nitrogens with zero attached hydrogens (tertiary/aromatic N) is 1. The molecule has 1 aromatic heterocycles. The molecule has 4 N–H and O–H groups in total. The average Bonchev–Trinajstić information content (AvgIpc) is 2.77. The molecule has 0 aliphatic carbocycles. The molecule has 4 heteroatoms. The van der Waals surface area contributed by atoms with Crippen LogP contribution in [0.2, 0.25) is 0 Å². The second-order valence-electron chi connectivity index (χ2n) is 3.89. The Morgan fingerprint density at radius 3 is 2.71 bits per heavy atom. The number of rotatable bonds is 1. The van der Waals surface area contributed by atoms with Crippen molar-refractivity contribution in [2.24, 2.45) is 0 Å². The number of fused-ring (bicyclic) bond motifs is 1. The fraction of sp³-hybridized carbons (Fsp3) is 0. The van der Waals surface area contributed by atoms with E-state index in [1.54, 1.807) is 6.07 Å². The monoisotopic (exact) mass is 225 g/mol. The predicted molar refractivity (Wildman–Crippen MR) is 67.6 cm³/mol. The van der Waals surface area contributed by atoms with E-state index in [-0.39, 0.29) is 5.75 Å². The minimum absolute atomic E-state index is 0.242. The van der Waals surface area contributed by atoms with E-state index in [4.69, 9.17) is 5.73 Å². The summed E-state index contributed by atoms with van der Waals surface area (Å²) in [7, 11) is 0. The lowest BCUT2D eigenvalue weighted by Gasteiger charge is -2.05. The molecule has 0 amide bonds. The summed E-state index contributed by atoms with van der Waals surface area (Å²) in [5, 5.41) is 18.7. The highest BCUT2D eigenvalue weighted by molar-refractivity contribution is 5.94. The van der Waals surface area contributed by atoms with E-state index in [0.717, 1.165) is 10.8 Å². The zero-order valence-electron chi connectivity index (χ0n) is 9.01. The quantitative estimate of drug-likeness (QED) is 0.595. The number of benzene rings is 2. The molecule has 0 saturated heterocycles. The van der Waals surface area contributed by atoms with Gasteiger partial charge in [0.05, 0.1) is 5.69 Å². The van der Waals surface area contributed by atoms with Crippen molar-refractivity contribution < 1.29 is 5.11 Å². The van der Waals surface area contributed by atoms with Gasteiger partial charge in [-0.15, -0.1) is 0 Å². The number of H-pyrrole nitrogens is 1. The van der Waals surface area contributed by atoms with Gasteiger partial charge in [-0.05, 0) is 11.5 Å². The average molecular weight is 225 g/mol. The topological polar surface area (TPSA) is 74.9 Å². The molecule has 3 rings (SSSR count). The van der Waals surface area contributed by atoms with E-state index in [0.29, 0.717) is 17.1 Å². The Labute approximate surface area is 97.7 Å². The first-order chi connectivity index (χ1) is 8.25. The third kappa shape index (κ3) is 1.50. The summed E-state index contributed by atoms with van der Waals surface area (Å²) in [6, 6.07) is 13.2. The van der Waals surface area contributed by atoms with Crippen molar-refractivity contribution in [3.63, 3.8) is 0 Å². The normalized spacial score (nSPS) is 10.8. The largest absolute Gasteiger partial charge is 0.507 e. The Balaban J connectivity index is 2.28. The van der Waals surface area contributed by atoms with Crippen LogP contribution < -0.4 is 5.73 Å². The van der Waals surface area contributed by atoms with E-state index in [1.807, 2.05) is 36.4 Å². The van der Waals surface area contributed by atoms with Gasteiger partial charge in [0.15, 0.2) is 0 Å². The zero-order valence-corrected chi connectivity index (χ0v) is 9.01. The van der Waals surface area contributed by atoms with E-state index in [9.17, 15) is 5.11 Å². The van der Waals surface area contributed by atoms with Gasteiger partial charge in [-0.25, -0.2) is 0 Å².